The average molecular weight is 648 g/mol. The van der Waals surface area contributed by atoms with Crippen LogP contribution in [-0.4, -0.2) is 52.6 Å². The van der Waals surface area contributed by atoms with Crippen molar-refractivity contribution < 1.29 is 18.7 Å². The van der Waals surface area contributed by atoms with Crippen molar-refractivity contribution >= 4 is 29.1 Å². The number of benzene rings is 3. The van der Waals surface area contributed by atoms with Crippen molar-refractivity contribution in [2.75, 3.05) is 26.0 Å². The second kappa shape index (κ2) is 13.3. The van der Waals surface area contributed by atoms with E-state index in [0.717, 1.165) is 32.2 Å². The van der Waals surface area contributed by atoms with Crippen LogP contribution in [0.3, 0.4) is 0 Å². The van der Waals surface area contributed by atoms with E-state index in [1.54, 1.807) is 12.1 Å². The minimum atomic E-state index is -0.723. The lowest BCUT2D eigenvalue weighted by atomic mass is 9.91. The largest absolute Gasteiger partial charge is 0.496 e. The Hall–Kier alpha value is -4.74. The van der Waals surface area contributed by atoms with Crippen LogP contribution in [0, 0.1) is 12.7 Å². The maximum Gasteiger partial charge on any atom is 0.330 e. The van der Waals surface area contributed by atoms with Gasteiger partial charge in [0.1, 0.15) is 17.1 Å². The van der Waals surface area contributed by atoms with Crippen molar-refractivity contribution in [3.05, 3.63) is 103 Å². The molecule has 0 bridgehead atoms. The fourth-order valence-corrected chi connectivity index (χ4v) is 6.13. The van der Waals surface area contributed by atoms with Crippen LogP contribution in [0.15, 0.2) is 64.3 Å². The molecule has 3 aromatic carbocycles. The molecular weight excluding hydrogens is 613 g/mol. The highest BCUT2D eigenvalue weighted by Gasteiger charge is 2.24. The summed E-state index contributed by atoms with van der Waals surface area (Å²) < 4.78 is 23.3. The van der Waals surface area contributed by atoms with Gasteiger partial charge in [0.15, 0.2) is 0 Å². The van der Waals surface area contributed by atoms with E-state index in [0.29, 0.717) is 42.0 Å². The van der Waals surface area contributed by atoms with E-state index in [-0.39, 0.29) is 28.2 Å². The third kappa shape index (κ3) is 6.47. The quantitative estimate of drug-likeness (QED) is 0.277. The fraction of sp³-hybridized carbons (Fsp3) is 0.294. The second-order valence-corrected chi connectivity index (χ2v) is 11.9. The number of carbonyl (C=O) groups is 2. The van der Waals surface area contributed by atoms with E-state index >= 15 is 4.39 Å². The third-order valence-electron chi connectivity index (χ3n) is 8.29. The Balaban J connectivity index is 1.44. The van der Waals surface area contributed by atoms with E-state index in [9.17, 15) is 19.2 Å². The molecule has 2 amide bonds. The van der Waals surface area contributed by atoms with Gasteiger partial charge in [-0.3, -0.25) is 23.9 Å². The lowest BCUT2D eigenvalue weighted by Crippen LogP contribution is -2.40. The van der Waals surface area contributed by atoms with Gasteiger partial charge in [0.05, 0.1) is 17.8 Å². The molecule has 2 N–H and O–H groups in total. The molecule has 1 aliphatic rings. The molecular formula is C34H35ClFN5O5. The van der Waals surface area contributed by atoms with Gasteiger partial charge in [-0.05, 0) is 60.8 Å². The van der Waals surface area contributed by atoms with E-state index in [4.69, 9.17) is 16.3 Å². The summed E-state index contributed by atoms with van der Waals surface area (Å²) >= 11 is 6.82. The topological polar surface area (TPSA) is 115 Å². The molecule has 46 heavy (non-hydrogen) atoms. The zero-order valence-electron chi connectivity index (χ0n) is 26.2. The smallest absolute Gasteiger partial charge is 0.330 e. The van der Waals surface area contributed by atoms with Gasteiger partial charge in [-0.1, -0.05) is 41.9 Å². The Bertz CT molecular complexity index is 1970. The first kappa shape index (κ1) is 32.6. The monoisotopic (exact) mass is 647 g/mol. The average Bonchev–Trinajstić information content (AvgIpc) is 3.43. The molecule has 10 nitrogen and oxygen atoms in total. The Morgan fingerprint density at radius 3 is 2.50 bits per heavy atom. The van der Waals surface area contributed by atoms with Crippen molar-refractivity contribution in [3.8, 4) is 28.0 Å². The van der Waals surface area contributed by atoms with Gasteiger partial charge in [0, 0.05) is 57.0 Å². The van der Waals surface area contributed by atoms with E-state index in [1.807, 2.05) is 49.2 Å². The van der Waals surface area contributed by atoms with E-state index in [1.165, 1.54) is 33.5 Å². The van der Waals surface area contributed by atoms with Gasteiger partial charge in [-0.15, -0.1) is 0 Å². The molecule has 12 heteroatoms. The lowest BCUT2D eigenvalue weighted by Gasteiger charge is -2.23. The summed E-state index contributed by atoms with van der Waals surface area (Å²) in [4.78, 5) is 51.3. The summed E-state index contributed by atoms with van der Waals surface area (Å²) in [5.41, 5.74) is 2.82. The van der Waals surface area contributed by atoms with E-state index in [2.05, 4.69) is 10.6 Å². The molecule has 0 radical (unpaired) electrons. The molecule has 1 aromatic heterocycles. The van der Waals surface area contributed by atoms with Crippen LogP contribution >= 0.6 is 11.6 Å². The van der Waals surface area contributed by atoms with Crippen LogP contribution < -0.4 is 26.6 Å². The minimum Gasteiger partial charge on any atom is -0.496 e. The number of anilines is 1. The number of hydrogen-bond donors (Lipinski definition) is 2. The molecule has 240 valence electrons. The van der Waals surface area contributed by atoms with Crippen LogP contribution in [0.5, 0.6) is 5.75 Å². The van der Waals surface area contributed by atoms with E-state index < -0.39 is 23.0 Å². The van der Waals surface area contributed by atoms with Crippen molar-refractivity contribution in [2.24, 2.45) is 14.1 Å². The molecule has 1 saturated heterocycles. The van der Waals surface area contributed by atoms with Gasteiger partial charge < -0.3 is 19.9 Å². The lowest BCUT2D eigenvalue weighted by molar-refractivity contribution is -0.119. The number of nitrogens with one attached hydrogen (secondary N) is 2. The number of aryl methyl sites for hydroxylation is 1. The number of halogens is 2. The molecule has 0 saturated carbocycles. The van der Waals surface area contributed by atoms with Crippen LogP contribution in [0.2, 0.25) is 5.02 Å². The first-order valence-electron chi connectivity index (χ1n) is 14.7. The molecule has 4 aromatic rings. The molecule has 1 aliphatic heterocycles. The summed E-state index contributed by atoms with van der Waals surface area (Å²) in [5.74, 6) is -0.666. The Morgan fingerprint density at radius 1 is 1.11 bits per heavy atom. The second-order valence-electron chi connectivity index (χ2n) is 11.5. The van der Waals surface area contributed by atoms with Crippen molar-refractivity contribution in [1.29, 1.82) is 0 Å². The highest BCUT2D eigenvalue weighted by Crippen LogP contribution is 2.40. The van der Waals surface area contributed by atoms with Crippen LogP contribution in [0.25, 0.3) is 22.3 Å². The van der Waals surface area contributed by atoms with Gasteiger partial charge in [-0.2, -0.15) is 0 Å². The van der Waals surface area contributed by atoms with Crippen LogP contribution in [-0.2, 0) is 25.4 Å². The predicted octanol–water partition coefficient (Wildman–Crippen LogP) is 4.49. The number of nitrogens with zero attached hydrogens (tertiary/aromatic N) is 3. The summed E-state index contributed by atoms with van der Waals surface area (Å²) in [6.45, 7) is 2.81. The first-order valence-corrected chi connectivity index (χ1v) is 15.1. The minimum absolute atomic E-state index is 0.0373. The molecule has 0 spiro atoms. The zero-order valence-corrected chi connectivity index (χ0v) is 27.0. The fourth-order valence-electron chi connectivity index (χ4n) is 5.86. The molecule has 1 fully saturated rings. The van der Waals surface area contributed by atoms with Crippen molar-refractivity contribution in [1.82, 2.24) is 19.4 Å². The molecule has 2 heterocycles. The highest BCUT2D eigenvalue weighted by molar-refractivity contribution is 6.36. The number of aromatic nitrogens is 2. The maximum atomic E-state index is 15.7. The number of likely N-dealkylation sites (N-methyl/N-ethyl adjacent to an activating group) is 1. The standard InChI is InChI=1S/C34H35ClFN5O5/c1-19-22(20-14-27(36)25(29(15-20)46-5)17-39(2)16-21-12-13-30(42)37-21)8-6-9-23(19)24-10-7-11-28(31(24)35)38-32(43)26-18-40(3)34(45)41(4)33(26)44/h6-11,14-15,18,21H,12-13,16-17H2,1-5H3,(H,37,42)(H,38,43)/t21-/m0/s1. The van der Waals surface area contributed by atoms with Crippen molar-refractivity contribution in [2.45, 2.75) is 32.4 Å². The maximum absolute atomic E-state index is 15.7. The van der Waals surface area contributed by atoms with Gasteiger partial charge >= 0.3 is 5.69 Å². The first-order chi connectivity index (χ1) is 21.9. The summed E-state index contributed by atoms with van der Waals surface area (Å²) in [6.07, 6.45) is 2.45. The van der Waals surface area contributed by atoms with Gasteiger partial charge in [0.25, 0.3) is 11.5 Å². The van der Waals surface area contributed by atoms with Crippen molar-refractivity contribution in [3.63, 3.8) is 0 Å². The number of hydrogen-bond acceptors (Lipinski definition) is 6. The van der Waals surface area contributed by atoms with Gasteiger partial charge in [-0.25, -0.2) is 9.18 Å². The molecule has 1 atom stereocenters. The molecule has 0 unspecified atom stereocenters. The Morgan fingerprint density at radius 2 is 1.80 bits per heavy atom. The Labute approximate surface area is 270 Å². The number of carbonyl (C=O) groups excluding carboxylic acids is 2. The number of amides is 2. The number of methoxy groups -OCH3 is 1. The SMILES string of the molecule is COc1cc(-c2cccc(-c3cccc(NC(=O)c4cn(C)c(=O)n(C)c4=O)c3Cl)c2C)cc(F)c1CN(C)C[C@@H]1CCC(=O)N1. The Kier molecular flexibility index (Phi) is 9.45. The summed E-state index contributed by atoms with van der Waals surface area (Å²) in [6, 6.07) is 14.1. The zero-order chi connectivity index (χ0) is 33.3. The van der Waals surface area contributed by atoms with Crippen LogP contribution in [0.4, 0.5) is 10.1 Å². The van der Waals surface area contributed by atoms with Crippen LogP contribution in [0.1, 0.15) is 34.3 Å². The predicted molar refractivity (Wildman–Crippen MR) is 176 cm³/mol. The number of ether oxygens (including phenoxy) is 1. The number of rotatable bonds is 9. The molecule has 5 rings (SSSR count). The van der Waals surface area contributed by atoms with Gasteiger partial charge in [0.2, 0.25) is 5.91 Å². The third-order valence-corrected chi connectivity index (χ3v) is 8.70. The summed E-state index contributed by atoms with van der Waals surface area (Å²) in [5, 5.41) is 5.89. The highest BCUT2D eigenvalue weighted by atomic mass is 35.5. The normalized spacial score (nSPS) is 14.4. The summed E-state index contributed by atoms with van der Waals surface area (Å²) in [7, 11) is 6.14. The molecule has 0 aliphatic carbocycles.